The Kier molecular flexibility index (Phi) is 9.68. The van der Waals surface area contributed by atoms with Crippen LogP contribution in [0.5, 0.6) is 11.6 Å². The van der Waals surface area contributed by atoms with Gasteiger partial charge in [0.25, 0.3) is 0 Å². The lowest BCUT2D eigenvalue weighted by Gasteiger charge is -2.28. The zero-order chi connectivity index (χ0) is 26.2. The summed E-state index contributed by atoms with van der Waals surface area (Å²) in [5.74, 6) is 0.169. The third kappa shape index (κ3) is 7.38. The van der Waals surface area contributed by atoms with Gasteiger partial charge >= 0.3 is 0 Å². The van der Waals surface area contributed by atoms with Crippen LogP contribution in [0.15, 0.2) is 54.6 Å². The smallest absolute Gasteiger partial charge is 0.227 e. The minimum atomic E-state index is -0.658. The summed E-state index contributed by atoms with van der Waals surface area (Å²) in [4.78, 5) is 2.17. The van der Waals surface area contributed by atoms with Gasteiger partial charge in [-0.1, -0.05) is 37.3 Å². The molecule has 0 bridgehead atoms. The van der Waals surface area contributed by atoms with Crippen molar-refractivity contribution < 1.29 is 23.7 Å². The second-order valence-electron chi connectivity index (χ2n) is 9.73. The van der Waals surface area contributed by atoms with Crippen LogP contribution in [0.1, 0.15) is 44.9 Å². The molecule has 1 aliphatic rings. The van der Waals surface area contributed by atoms with Crippen LogP contribution in [0.3, 0.4) is 0 Å². The Balaban J connectivity index is 1.69. The molecule has 0 amide bonds. The molecule has 37 heavy (non-hydrogen) atoms. The number of ether oxygens (including phenoxy) is 3. The van der Waals surface area contributed by atoms with Crippen LogP contribution in [-0.4, -0.2) is 64.4 Å². The Hall–Kier alpha value is -2.78. The van der Waals surface area contributed by atoms with Crippen LogP contribution < -0.4 is 4.74 Å². The molecule has 0 unspecified atom stereocenters. The number of aryl methyl sites for hydroxylation is 1. The van der Waals surface area contributed by atoms with E-state index in [2.05, 4.69) is 4.90 Å². The highest BCUT2D eigenvalue weighted by molar-refractivity contribution is 5.44. The van der Waals surface area contributed by atoms with E-state index in [1.165, 1.54) is 6.07 Å². The highest BCUT2D eigenvalue weighted by atomic mass is 19.1. The first kappa shape index (κ1) is 27.3. The number of aliphatic hydroxyl groups is 1. The summed E-state index contributed by atoms with van der Waals surface area (Å²) in [5, 5.41) is 15.6. The minimum absolute atomic E-state index is 0.0397. The molecular formula is C29H38FN3O4. The first-order valence-electron chi connectivity index (χ1n) is 13.2. The van der Waals surface area contributed by atoms with Gasteiger partial charge in [-0.05, 0) is 57.4 Å². The monoisotopic (exact) mass is 511 g/mol. The fourth-order valence-electron chi connectivity index (χ4n) is 4.56. The molecule has 1 aromatic heterocycles. The largest absolute Gasteiger partial charge is 0.435 e. The predicted molar refractivity (Wildman–Crippen MR) is 141 cm³/mol. The molecular weight excluding hydrogens is 473 g/mol. The summed E-state index contributed by atoms with van der Waals surface area (Å²) in [7, 11) is 0. The van der Waals surface area contributed by atoms with Crippen molar-refractivity contribution in [2.75, 3.05) is 26.3 Å². The molecule has 7 nitrogen and oxygen atoms in total. The van der Waals surface area contributed by atoms with Crippen molar-refractivity contribution in [1.82, 2.24) is 14.7 Å². The third-order valence-electron chi connectivity index (χ3n) is 6.36. The van der Waals surface area contributed by atoms with Gasteiger partial charge in [-0.3, -0.25) is 4.90 Å². The van der Waals surface area contributed by atoms with Gasteiger partial charge in [0.05, 0.1) is 41.9 Å². The van der Waals surface area contributed by atoms with Crippen LogP contribution in [0.25, 0.3) is 5.69 Å². The SMILES string of the molecule is CCc1nn(-c2ccccc2)c(Oc2ccccc2F)c1CN(C[C@H](O)COC(C)C)C[C@H]1CCCO1. The minimum Gasteiger partial charge on any atom is -0.435 e. The Labute approximate surface area is 218 Å². The molecule has 4 rings (SSSR count). The molecule has 1 aliphatic heterocycles. The predicted octanol–water partition coefficient (Wildman–Crippen LogP) is 5.13. The quantitative estimate of drug-likeness (QED) is 0.343. The van der Waals surface area contributed by atoms with Crippen molar-refractivity contribution in [3.8, 4) is 17.3 Å². The average Bonchev–Trinajstić information content (AvgIpc) is 3.52. The van der Waals surface area contributed by atoms with E-state index in [0.29, 0.717) is 31.9 Å². The fraction of sp³-hybridized carbons (Fsp3) is 0.483. The molecule has 2 aromatic carbocycles. The molecule has 200 valence electrons. The van der Waals surface area contributed by atoms with Gasteiger partial charge in [-0.15, -0.1) is 0 Å². The lowest BCUT2D eigenvalue weighted by molar-refractivity contribution is -0.0173. The summed E-state index contributed by atoms with van der Waals surface area (Å²) in [5.41, 5.74) is 2.55. The van der Waals surface area contributed by atoms with Crippen LogP contribution in [-0.2, 0) is 22.4 Å². The standard InChI is InChI=1S/C29H38FN3O4/c1-4-27-25(19-32(18-24-13-10-16-35-24)17-23(34)20-36-21(2)3)29(37-28-15-9-8-14-26(28)30)33(31-27)22-11-6-5-7-12-22/h5-9,11-12,14-15,21,23-24,34H,4,10,13,16-20H2,1-3H3/t23-,24+/m0/s1. The summed E-state index contributed by atoms with van der Waals surface area (Å²) in [6.07, 6.45) is 2.17. The Bertz CT molecular complexity index is 1120. The molecule has 0 aliphatic carbocycles. The highest BCUT2D eigenvalue weighted by Gasteiger charge is 2.27. The van der Waals surface area contributed by atoms with E-state index < -0.39 is 11.9 Å². The molecule has 0 radical (unpaired) electrons. The number of hydrogen-bond donors (Lipinski definition) is 1. The number of aromatic nitrogens is 2. The fourth-order valence-corrected chi connectivity index (χ4v) is 4.56. The van der Waals surface area contributed by atoms with Crippen LogP contribution in [0.2, 0.25) is 0 Å². The van der Waals surface area contributed by atoms with Crippen molar-refractivity contribution in [1.29, 1.82) is 0 Å². The van der Waals surface area contributed by atoms with Gasteiger partial charge in [0.2, 0.25) is 5.88 Å². The van der Waals surface area contributed by atoms with E-state index in [0.717, 1.165) is 36.4 Å². The third-order valence-corrected chi connectivity index (χ3v) is 6.36. The molecule has 0 spiro atoms. The second kappa shape index (κ2) is 13.1. The first-order chi connectivity index (χ1) is 17.9. The van der Waals surface area contributed by atoms with E-state index in [-0.39, 0.29) is 24.6 Å². The molecule has 2 heterocycles. The maximum absolute atomic E-state index is 14.7. The topological polar surface area (TPSA) is 69.0 Å². The van der Waals surface area contributed by atoms with Crippen molar-refractivity contribution in [2.45, 2.75) is 64.9 Å². The number of benzene rings is 2. The molecule has 1 fully saturated rings. The van der Waals surface area contributed by atoms with Crippen molar-refractivity contribution in [3.05, 3.63) is 71.7 Å². The highest BCUT2D eigenvalue weighted by Crippen LogP contribution is 2.33. The maximum atomic E-state index is 14.7. The zero-order valence-electron chi connectivity index (χ0n) is 22.0. The number of aliphatic hydroxyl groups excluding tert-OH is 1. The second-order valence-corrected chi connectivity index (χ2v) is 9.73. The number of para-hydroxylation sites is 2. The number of hydrogen-bond acceptors (Lipinski definition) is 6. The van der Waals surface area contributed by atoms with E-state index in [4.69, 9.17) is 19.3 Å². The first-order valence-corrected chi connectivity index (χ1v) is 13.2. The van der Waals surface area contributed by atoms with Crippen molar-refractivity contribution in [3.63, 3.8) is 0 Å². The summed E-state index contributed by atoms with van der Waals surface area (Å²) >= 11 is 0. The molecule has 0 saturated carbocycles. The molecule has 2 atom stereocenters. The van der Waals surface area contributed by atoms with Crippen LogP contribution >= 0.6 is 0 Å². The molecule has 8 heteroatoms. The van der Waals surface area contributed by atoms with Gasteiger partial charge in [0, 0.05) is 26.2 Å². The number of nitrogens with zero attached hydrogens (tertiary/aromatic N) is 3. The van der Waals surface area contributed by atoms with Gasteiger partial charge in [0.15, 0.2) is 11.6 Å². The molecule has 1 N–H and O–H groups in total. The van der Waals surface area contributed by atoms with E-state index in [9.17, 15) is 9.50 Å². The van der Waals surface area contributed by atoms with Crippen molar-refractivity contribution >= 4 is 0 Å². The van der Waals surface area contributed by atoms with E-state index >= 15 is 0 Å². The average molecular weight is 512 g/mol. The van der Waals surface area contributed by atoms with Gasteiger partial charge in [0.1, 0.15) is 0 Å². The lowest BCUT2D eigenvalue weighted by Crippen LogP contribution is -2.39. The van der Waals surface area contributed by atoms with E-state index in [1.54, 1.807) is 22.9 Å². The van der Waals surface area contributed by atoms with E-state index in [1.807, 2.05) is 51.1 Å². The van der Waals surface area contributed by atoms with Gasteiger partial charge in [-0.25, -0.2) is 9.07 Å². The Morgan fingerprint density at radius 2 is 1.92 bits per heavy atom. The summed E-state index contributed by atoms with van der Waals surface area (Å²) < 4.78 is 34.2. The van der Waals surface area contributed by atoms with Gasteiger partial charge in [-0.2, -0.15) is 5.10 Å². The Morgan fingerprint density at radius 3 is 2.59 bits per heavy atom. The summed E-state index contributed by atoms with van der Waals surface area (Å²) in [6.45, 7) is 8.50. The number of halogens is 1. The van der Waals surface area contributed by atoms with Crippen molar-refractivity contribution in [2.24, 2.45) is 0 Å². The zero-order valence-corrected chi connectivity index (χ0v) is 22.0. The van der Waals surface area contributed by atoms with Crippen LogP contribution in [0.4, 0.5) is 4.39 Å². The van der Waals surface area contributed by atoms with Crippen LogP contribution in [0, 0.1) is 5.82 Å². The maximum Gasteiger partial charge on any atom is 0.227 e. The normalized spacial score (nSPS) is 16.6. The molecule has 3 aromatic rings. The molecule has 1 saturated heterocycles. The Morgan fingerprint density at radius 1 is 1.16 bits per heavy atom. The number of rotatable bonds is 13. The lowest BCUT2D eigenvalue weighted by atomic mass is 10.1. The summed E-state index contributed by atoms with van der Waals surface area (Å²) in [6, 6.07) is 16.1. The van der Waals surface area contributed by atoms with Gasteiger partial charge < -0.3 is 19.3 Å².